The molecule has 5 aliphatic carbocycles. The summed E-state index contributed by atoms with van der Waals surface area (Å²) in [5.41, 5.74) is 0.116. The molecule has 6 rings (SSSR count). The number of ketones is 1. The van der Waals surface area contributed by atoms with Crippen molar-refractivity contribution in [3.63, 3.8) is 0 Å². The van der Waals surface area contributed by atoms with Crippen molar-refractivity contribution in [2.24, 2.45) is 56.7 Å². The Kier molecular flexibility index (Phi) is 7.08. The minimum atomic E-state index is -0.355. The lowest BCUT2D eigenvalue weighted by Gasteiger charge is -2.72. The average Bonchev–Trinajstić information content (AvgIpc) is 3.32. The molecule has 1 N–H and O–H groups in total. The van der Waals surface area contributed by atoms with E-state index < -0.39 is 0 Å². The normalized spacial score (nSPS) is 48.7. The highest BCUT2D eigenvalue weighted by molar-refractivity contribution is 5.87. The predicted molar refractivity (Wildman–Crippen MR) is 160 cm³/mol. The van der Waals surface area contributed by atoms with Gasteiger partial charge < -0.3 is 15.0 Å². The lowest BCUT2D eigenvalue weighted by molar-refractivity contribution is -0.249. The summed E-state index contributed by atoms with van der Waals surface area (Å²) in [5.74, 6) is 2.29. The summed E-state index contributed by atoms with van der Waals surface area (Å²) in [5, 5.41) is 3.42. The number of amides is 1. The molecule has 10 atom stereocenters. The van der Waals surface area contributed by atoms with Gasteiger partial charge in [-0.15, -0.1) is 0 Å². The monoisotopic (exact) mass is 568 g/mol. The number of carbonyl (C=O) groups excluding carboxylic acids is 3. The number of esters is 1. The molecule has 230 valence electrons. The van der Waals surface area contributed by atoms with Gasteiger partial charge in [0.25, 0.3) is 0 Å². The first-order valence-electron chi connectivity index (χ1n) is 16.9. The van der Waals surface area contributed by atoms with Gasteiger partial charge in [-0.1, -0.05) is 34.6 Å². The molecule has 0 aromatic carbocycles. The SMILES string of the molecule is CC(=O)O[C@H]1CC[C@]2(C)[C@H]3CC[C@@H]4[C@H]5[C@H](C(C)=O)CC[C@]5(C(=O)N5CCNCC5)CC[C@@]4(C)[C@]3(C)CC[C@H]2C1(C)C. The van der Waals surface area contributed by atoms with E-state index in [2.05, 4.69) is 44.8 Å². The Balaban J connectivity index is 1.35. The molecular weight excluding hydrogens is 512 g/mol. The second kappa shape index (κ2) is 9.79. The van der Waals surface area contributed by atoms with E-state index in [-0.39, 0.29) is 51.0 Å². The molecule has 6 fully saturated rings. The molecule has 0 aromatic rings. The van der Waals surface area contributed by atoms with E-state index in [0.717, 1.165) is 71.1 Å². The Morgan fingerprint density at radius 3 is 2.12 bits per heavy atom. The summed E-state index contributed by atoms with van der Waals surface area (Å²) in [4.78, 5) is 41.8. The van der Waals surface area contributed by atoms with Gasteiger partial charge in [-0.25, -0.2) is 0 Å². The van der Waals surface area contributed by atoms with E-state index >= 15 is 0 Å². The summed E-state index contributed by atoms with van der Waals surface area (Å²) < 4.78 is 5.92. The molecular formula is C35H56N2O4. The molecule has 0 aromatic heterocycles. The number of carbonyl (C=O) groups is 3. The number of rotatable bonds is 3. The number of nitrogens with zero attached hydrogens (tertiary/aromatic N) is 1. The van der Waals surface area contributed by atoms with Crippen molar-refractivity contribution in [3.8, 4) is 0 Å². The molecule has 0 bridgehead atoms. The minimum Gasteiger partial charge on any atom is -0.462 e. The molecule has 1 aliphatic heterocycles. The molecule has 41 heavy (non-hydrogen) atoms. The molecule has 1 heterocycles. The third kappa shape index (κ3) is 4.00. The van der Waals surface area contributed by atoms with Gasteiger partial charge >= 0.3 is 5.97 Å². The second-order valence-corrected chi connectivity index (χ2v) is 16.6. The van der Waals surface area contributed by atoms with E-state index in [9.17, 15) is 14.4 Å². The van der Waals surface area contributed by atoms with Gasteiger partial charge in [-0.3, -0.25) is 14.4 Å². The fourth-order valence-electron chi connectivity index (χ4n) is 13.0. The topological polar surface area (TPSA) is 75.7 Å². The van der Waals surface area contributed by atoms with Crippen molar-refractivity contribution >= 4 is 17.7 Å². The number of piperazine rings is 1. The van der Waals surface area contributed by atoms with Gasteiger partial charge in [0.1, 0.15) is 11.9 Å². The van der Waals surface area contributed by atoms with E-state index in [0.29, 0.717) is 29.4 Å². The summed E-state index contributed by atoms with van der Waals surface area (Å²) in [6, 6.07) is 0. The zero-order valence-corrected chi connectivity index (χ0v) is 26.9. The van der Waals surface area contributed by atoms with Crippen LogP contribution in [0.25, 0.3) is 0 Å². The largest absolute Gasteiger partial charge is 0.462 e. The van der Waals surface area contributed by atoms with Crippen molar-refractivity contribution in [1.82, 2.24) is 10.2 Å². The van der Waals surface area contributed by atoms with Gasteiger partial charge in [0.05, 0.1) is 5.41 Å². The van der Waals surface area contributed by atoms with Crippen LogP contribution in [0.4, 0.5) is 0 Å². The van der Waals surface area contributed by atoms with Gasteiger partial charge in [0.2, 0.25) is 5.91 Å². The molecule has 0 radical (unpaired) electrons. The Labute approximate surface area is 248 Å². The van der Waals surface area contributed by atoms with Crippen LogP contribution in [0.5, 0.6) is 0 Å². The van der Waals surface area contributed by atoms with Crippen molar-refractivity contribution in [2.75, 3.05) is 26.2 Å². The van der Waals surface area contributed by atoms with Crippen LogP contribution < -0.4 is 5.32 Å². The first kappa shape index (κ1) is 29.6. The molecule has 0 spiro atoms. The molecule has 0 unspecified atom stereocenters. The molecule has 6 nitrogen and oxygen atoms in total. The first-order valence-corrected chi connectivity index (χ1v) is 16.9. The van der Waals surface area contributed by atoms with Gasteiger partial charge in [-0.2, -0.15) is 0 Å². The van der Waals surface area contributed by atoms with Crippen molar-refractivity contribution in [1.29, 1.82) is 0 Å². The third-order valence-electron chi connectivity index (χ3n) is 15.0. The van der Waals surface area contributed by atoms with Crippen LogP contribution in [0, 0.1) is 56.7 Å². The van der Waals surface area contributed by atoms with Crippen molar-refractivity contribution < 1.29 is 19.1 Å². The lowest BCUT2D eigenvalue weighted by Crippen LogP contribution is -2.68. The maximum atomic E-state index is 14.4. The Morgan fingerprint density at radius 2 is 1.46 bits per heavy atom. The maximum absolute atomic E-state index is 14.4. The van der Waals surface area contributed by atoms with E-state index in [4.69, 9.17) is 4.74 Å². The zero-order chi connectivity index (χ0) is 29.6. The van der Waals surface area contributed by atoms with E-state index in [1.54, 1.807) is 13.8 Å². The summed E-state index contributed by atoms with van der Waals surface area (Å²) in [6.07, 6.45) is 10.6. The average molecular weight is 569 g/mol. The minimum absolute atomic E-state index is 0.00420. The molecule has 5 saturated carbocycles. The van der Waals surface area contributed by atoms with Crippen LogP contribution in [-0.2, 0) is 19.1 Å². The van der Waals surface area contributed by atoms with Crippen LogP contribution in [0.3, 0.4) is 0 Å². The molecule has 1 amide bonds. The highest BCUT2D eigenvalue weighted by Crippen LogP contribution is 2.77. The molecule has 6 aliphatic rings. The summed E-state index contributed by atoms with van der Waals surface area (Å²) in [6.45, 7) is 19.2. The van der Waals surface area contributed by atoms with Crippen molar-refractivity contribution in [2.45, 2.75) is 119 Å². The fraction of sp³-hybridized carbons (Fsp3) is 0.914. The summed E-state index contributed by atoms with van der Waals surface area (Å²) >= 11 is 0. The Morgan fingerprint density at radius 1 is 0.756 bits per heavy atom. The van der Waals surface area contributed by atoms with Crippen LogP contribution in [-0.4, -0.2) is 54.8 Å². The first-order chi connectivity index (χ1) is 19.2. The van der Waals surface area contributed by atoms with E-state index in [1.807, 2.05) is 0 Å². The number of ether oxygens (including phenoxy) is 1. The molecule has 1 saturated heterocycles. The highest BCUT2D eigenvalue weighted by Gasteiger charge is 2.72. The maximum Gasteiger partial charge on any atom is 0.302 e. The lowest BCUT2D eigenvalue weighted by atomic mass is 9.32. The number of hydrogen-bond donors (Lipinski definition) is 1. The van der Waals surface area contributed by atoms with Crippen LogP contribution in [0.1, 0.15) is 113 Å². The quantitative estimate of drug-likeness (QED) is 0.422. The van der Waals surface area contributed by atoms with Crippen LogP contribution >= 0.6 is 0 Å². The zero-order valence-electron chi connectivity index (χ0n) is 26.9. The van der Waals surface area contributed by atoms with Crippen LogP contribution in [0.2, 0.25) is 0 Å². The third-order valence-corrected chi connectivity index (χ3v) is 15.0. The molecule has 6 heteroatoms. The Bertz CT molecular complexity index is 1100. The van der Waals surface area contributed by atoms with Gasteiger partial charge in [0, 0.05) is 44.4 Å². The standard InChI is InChI=1S/C35H56N2O4/c1-22(38)24-10-15-35(30(40)37-20-18-36-19-21-37)17-16-33(6)25(29(24)35)8-9-27-32(5)13-12-28(41-23(2)39)31(3,4)26(32)11-14-34(27,33)7/h24-29,36H,8-21H2,1-7H3/t24-,25+,26-,27+,28-,29+,32-,33+,34+,35-/m0/s1. The smallest absolute Gasteiger partial charge is 0.302 e. The van der Waals surface area contributed by atoms with Gasteiger partial charge in [0.15, 0.2) is 0 Å². The van der Waals surface area contributed by atoms with E-state index in [1.165, 1.54) is 19.3 Å². The van der Waals surface area contributed by atoms with Crippen molar-refractivity contribution in [3.05, 3.63) is 0 Å². The van der Waals surface area contributed by atoms with Crippen LogP contribution in [0.15, 0.2) is 0 Å². The predicted octanol–water partition coefficient (Wildman–Crippen LogP) is 6.02. The highest BCUT2D eigenvalue weighted by atomic mass is 16.5. The Hall–Kier alpha value is -1.43. The summed E-state index contributed by atoms with van der Waals surface area (Å²) in [7, 11) is 0. The van der Waals surface area contributed by atoms with Gasteiger partial charge in [-0.05, 0) is 111 Å². The number of Topliss-reactive ketones (excluding diaryl/α,β-unsaturated/α-hetero) is 1. The number of nitrogens with one attached hydrogen (secondary N) is 1. The number of fused-ring (bicyclic) bond motifs is 7. The number of hydrogen-bond acceptors (Lipinski definition) is 5. The fourth-order valence-corrected chi connectivity index (χ4v) is 13.0. The second-order valence-electron chi connectivity index (χ2n) is 16.6.